The maximum Gasteiger partial charge on any atom is 0.314 e. The minimum absolute atomic E-state index is 0.313. The summed E-state index contributed by atoms with van der Waals surface area (Å²) in [5.41, 5.74) is 6.21. The molecule has 0 aliphatic rings. The molecular formula is C14H12N4O3. The molecular weight excluding hydrogens is 272 g/mol. The van der Waals surface area contributed by atoms with Gasteiger partial charge < -0.3 is 16.4 Å². The molecule has 0 radical (unpaired) electrons. The second kappa shape index (κ2) is 6.29. The van der Waals surface area contributed by atoms with Gasteiger partial charge in [-0.1, -0.05) is 0 Å². The third-order valence-electron chi connectivity index (χ3n) is 2.55. The van der Waals surface area contributed by atoms with E-state index >= 15 is 0 Å². The van der Waals surface area contributed by atoms with E-state index in [1.807, 2.05) is 0 Å². The van der Waals surface area contributed by atoms with Crippen molar-refractivity contribution in [1.29, 1.82) is 0 Å². The standard InChI is InChI=1S/C14H12N4O3/c15-12(19)9-3-5-10(6-4-9)17-13(20)14(21)18-11-2-1-7-16-8-11/h1-8H,(H2,15,19)(H,17,20)(H,18,21). The van der Waals surface area contributed by atoms with Crippen molar-refractivity contribution < 1.29 is 14.4 Å². The third-order valence-corrected chi connectivity index (χ3v) is 2.55. The predicted molar refractivity (Wildman–Crippen MR) is 76.5 cm³/mol. The number of pyridine rings is 1. The molecule has 0 aliphatic carbocycles. The Morgan fingerprint density at radius 2 is 1.52 bits per heavy atom. The van der Waals surface area contributed by atoms with E-state index in [0.29, 0.717) is 16.9 Å². The second-order valence-electron chi connectivity index (χ2n) is 4.09. The van der Waals surface area contributed by atoms with Crippen molar-refractivity contribution in [3.63, 3.8) is 0 Å². The minimum atomic E-state index is -0.828. The van der Waals surface area contributed by atoms with Crippen LogP contribution in [-0.2, 0) is 9.59 Å². The number of rotatable bonds is 3. The summed E-state index contributed by atoms with van der Waals surface area (Å²) in [6.07, 6.45) is 2.98. The van der Waals surface area contributed by atoms with E-state index in [0.717, 1.165) is 0 Å². The van der Waals surface area contributed by atoms with Gasteiger partial charge in [-0.05, 0) is 36.4 Å². The van der Waals surface area contributed by atoms with Crippen LogP contribution in [0.15, 0.2) is 48.8 Å². The normalized spacial score (nSPS) is 9.71. The highest BCUT2D eigenvalue weighted by atomic mass is 16.2. The molecule has 0 bridgehead atoms. The van der Waals surface area contributed by atoms with Crippen LogP contribution in [0.4, 0.5) is 11.4 Å². The summed E-state index contributed by atoms with van der Waals surface area (Å²) >= 11 is 0. The van der Waals surface area contributed by atoms with Crippen molar-refractivity contribution >= 4 is 29.1 Å². The van der Waals surface area contributed by atoms with Crippen molar-refractivity contribution in [1.82, 2.24) is 4.98 Å². The van der Waals surface area contributed by atoms with Gasteiger partial charge >= 0.3 is 11.8 Å². The van der Waals surface area contributed by atoms with Crippen LogP contribution in [-0.4, -0.2) is 22.7 Å². The Morgan fingerprint density at radius 3 is 2.05 bits per heavy atom. The van der Waals surface area contributed by atoms with Crippen LogP contribution in [0.5, 0.6) is 0 Å². The number of primary amides is 1. The van der Waals surface area contributed by atoms with Crippen molar-refractivity contribution in [3.8, 4) is 0 Å². The predicted octanol–water partition coefficient (Wildman–Crippen LogP) is 0.758. The highest BCUT2D eigenvalue weighted by Crippen LogP contribution is 2.09. The molecule has 4 N–H and O–H groups in total. The molecule has 0 unspecified atom stereocenters. The largest absolute Gasteiger partial charge is 0.366 e. The third kappa shape index (κ3) is 3.87. The van der Waals surface area contributed by atoms with Crippen LogP contribution < -0.4 is 16.4 Å². The summed E-state index contributed by atoms with van der Waals surface area (Å²) in [5.74, 6) is -2.21. The average molecular weight is 284 g/mol. The first-order chi connectivity index (χ1) is 10.1. The summed E-state index contributed by atoms with van der Waals surface area (Å²) in [5, 5.41) is 4.81. The zero-order valence-corrected chi connectivity index (χ0v) is 10.9. The Kier molecular flexibility index (Phi) is 4.25. The Morgan fingerprint density at radius 1 is 0.905 bits per heavy atom. The molecule has 1 heterocycles. The number of anilines is 2. The number of nitrogens with two attached hydrogens (primary N) is 1. The second-order valence-corrected chi connectivity index (χ2v) is 4.09. The first-order valence-electron chi connectivity index (χ1n) is 5.98. The monoisotopic (exact) mass is 284 g/mol. The number of amides is 3. The number of carbonyl (C=O) groups is 3. The topological polar surface area (TPSA) is 114 Å². The minimum Gasteiger partial charge on any atom is -0.366 e. The van der Waals surface area contributed by atoms with Crippen LogP contribution in [0.2, 0.25) is 0 Å². The summed E-state index contributed by atoms with van der Waals surface area (Å²) in [6.45, 7) is 0. The van der Waals surface area contributed by atoms with Gasteiger partial charge in [0.05, 0.1) is 11.9 Å². The Balaban J connectivity index is 1.97. The van der Waals surface area contributed by atoms with Crippen molar-refractivity contribution in [3.05, 3.63) is 54.4 Å². The fourth-order valence-corrected chi connectivity index (χ4v) is 1.53. The van der Waals surface area contributed by atoms with E-state index < -0.39 is 17.7 Å². The molecule has 0 spiro atoms. The molecule has 2 aromatic rings. The van der Waals surface area contributed by atoms with E-state index in [2.05, 4.69) is 15.6 Å². The molecule has 0 atom stereocenters. The lowest BCUT2D eigenvalue weighted by atomic mass is 10.2. The lowest BCUT2D eigenvalue weighted by Gasteiger charge is -2.06. The number of hydrogen-bond donors (Lipinski definition) is 3. The SMILES string of the molecule is NC(=O)c1ccc(NC(=O)C(=O)Nc2cccnc2)cc1. The van der Waals surface area contributed by atoms with E-state index in [1.165, 1.54) is 30.5 Å². The molecule has 7 nitrogen and oxygen atoms in total. The molecule has 3 amide bonds. The molecule has 21 heavy (non-hydrogen) atoms. The molecule has 1 aromatic carbocycles. The van der Waals surface area contributed by atoms with Crippen LogP contribution in [0.25, 0.3) is 0 Å². The van der Waals surface area contributed by atoms with Crippen LogP contribution in [0.3, 0.4) is 0 Å². The Hall–Kier alpha value is -3.22. The Labute approximate surface area is 120 Å². The maximum atomic E-state index is 11.7. The molecule has 2 rings (SSSR count). The molecule has 0 saturated heterocycles. The number of benzene rings is 1. The molecule has 7 heteroatoms. The fraction of sp³-hybridized carbons (Fsp3) is 0. The van der Waals surface area contributed by atoms with Crippen LogP contribution >= 0.6 is 0 Å². The summed E-state index contributed by atoms with van der Waals surface area (Å²) < 4.78 is 0. The van der Waals surface area contributed by atoms with Gasteiger partial charge in [0.1, 0.15) is 0 Å². The highest BCUT2D eigenvalue weighted by molar-refractivity contribution is 6.43. The lowest BCUT2D eigenvalue weighted by Crippen LogP contribution is -2.29. The average Bonchev–Trinajstić information content (AvgIpc) is 2.48. The van der Waals surface area contributed by atoms with Gasteiger partial charge in [0.2, 0.25) is 5.91 Å². The van der Waals surface area contributed by atoms with Crippen LogP contribution in [0.1, 0.15) is 10.4 Å². The van der Waals surface area contributed by atoms with Gasteiger partial charge in [-0.2, -0.15) is 0 Å². The van der Waals surface area contributed by atoms with Crippen molar-refractivity contribution in [2.75, 3.05) is 10.6 Å². The van der Waals surface area contributed by atoms with Gasteiger partial charge in [-0.15, -0.1) is 0 Å². The van der Waals surface area contributed by atoms with E-state index in [-0.39, 0.29) is 0 Å². The number of hydrogen-bond acceptors (Lipinski definition) is 4. The maximum absolute atomic E-state index is 11.7. The van der Waals surface area contributed by atoms with Gasteiger partial charge in [0, 0.05) is 17.4 Å². The first kappa shape index (κ1) is 14.2. The summed E-state index contributed by atoms with van der Waals surface area (Å²) in [6, 6.07) is 9.12. The molecule has 0 saturated carbocycles. The zero-order chi connectivity index (χ0) is 15.2. The summed E-state index contributed by atoms with van der Waals surface area (Å²) in [4.78, 5) is 38.1. The molecule has 0 aliphatic heterocycles. The number of nitrogens with one attached hydrogen (secondary N) is 2. The lowest BCUT2D eigenvalue weighted by molar-refractivity contribution is -0.133. The van der Waals surface area contributed by atoms with Gasteiger partial charge in [0.25, 0.3) is 0 Å². The van der Waals surface area contributed by atoms with E-state index in [4.69, 9.17) is 5.73 Å². The number of nitrogens with zero attached hydrogens (tertiary/aromatic N) is 1. The van der Waals surface area contributed by atoms with Crippen molar-refractivity contribution in [2.24, 2.45) is 5.73 Å². The van der Waals surface area contributed by atoms with E-state index in [9.17, 15) is 14.4 Å². The first-order valence-corrected chi connectivity index (χ1v) is 5.98. The fourth-order valence-electron chi connectivity index (χ4n) is 1.53. The molecule has 106 valence electrons. The number of carbonyl (C=O) groups excluding carboxylic acids is 3. The van der Waals surface area contributed by atoms with Gasteiger partial charge in [-0.3, -0.25) is 19.4 Å². The molecule has 1 aromatic heterocycles. The highest BCUT2D eigenvalue weighted by Gasteiger charge is 2.14. The summed E-state index contributed by atoms with van der Waals surface area (Å²) in [7, 11) is 0. The van der Waals surface area contributed by atoms with Crippen LogP contribution in [0, 0.1) is 0 Å². The van der Waals surface area contributed by atoms with Crippen molar-refractivity contribution in [2.45, 2.75) is 0 Å². The van der Waals surface area contributed by atoms with E-state index in [1.54, 1.807) is 18.3 Å². The zero-order valence-electron chi connectivity index (χ0n) is 10.9. The Bertz CT molecular complexity index is 668. The van der Waals surface area contributed by atoms with Gasteiger partial charge in [-0.25, -0.2) is 0 Å². The smallest absolute Gasteiger partial charge is 0.314 e. The van der Waals surface area contributed by atoms with Gasteiger partial charge in [0.15, 0.2) is 0 Å². The quantitative estimate of drug-likeness (QED) is 0.722. The molecule has 0 fully saturated rings. The number of aromatic nitrogens is 1.